The lowest BCUT2D eigenvalue weighted by Gasteiger charge is -2.04. The SMILES string of the molecule is CC#N.CCCCc1ccccc1C(C)=O. The molecule has 0 aliphatic rings. The van der Waals surface area contributed by atoms with E-state index in [9.17, 15) is 4.79 Å². The van der Waals surface area contributed by atoms with E-state index in [1.165, 1.54) is 18.9 Å². The maximum Gasteiger partial charge on any atom is 0.160 e. The summed E-state index contributed by atoms with van der Waals surface area (Å²) in [5, 5.41) is 7.32. The number of rotatable bonds is 4. The van der Waals surface area contributed by atoms with Crippen molar-refractivity contribution >= 4 is 5.78 Å². The summed E-state index contributed by atoms with van der Waals surface area (Å²) in [5.41, 5.74) is 2.08. The smallest absolute Gasteiger partial charge is 0.160 e. The van der Waals surface area contributed by atoms with Crippen LogP contribution in [0.3, 0.4) is 0 Å². The molecule has 0 N–H and O–H groups in total. The van der Waals surface area contributed by atoms with E-state index in [4.69, 9.17) is 5.26 Å². The number of hydrogen-bond donors (Lipinski definition) is 0. The van der Waals surface area contributed by atoms with Crippen LogP contribution in [0.25, 0.3) is 0 Å². The molecule has 0 saturated heterocycles. The fourth-order valence-corrected chi connectivity index (χ4v) is 1.45. The zero-order valence-corrected chi connectivity index (χ0v) is 10.3. The molecule has 16 heavy (non-hydrogen) atoms. The van der Waals surface area contributed by atoms with Crippen LogP contribution in [0, 0.1) is 11.3 Å². The molecule has 1 aromatic carbocycles. The molecule has 0 amide bonds. The van der Waals surface area contributed by atoms with Gasteiger partial charge < -0.3 is 0 Å². The van der Waals surface area contributed by atoms with Gasteiger partial charge in [0.15, 0.2) is 5.78 Å². The Morgan fingerprint density at radius 2 is 1.94 bits per heavy atom. The Morgan fingerprint density at radius 1 is 1.38 bits per heavy atom. The van der Waals surface area contributed by atoms with Crippen LogP contribution in [0.5, 0.6) is 0 Å². The minimum Gasteiger partial charge on any atom is -0.295 e. The summed E-state index contributed by atoms with van der Waals surface area (Å²) in [6.45, 7) is 5.22. The highest BCUT2D eigenvalue weighted by Gasteiger charge is 2.04. The zero-order chi connectivity index (χ0) is 12.4. The summed E-state index contributed by atoms with van der Waals surface area (Å²) in [6.07, 6.45) is 3.35. The predicted octanol–water partition coefficient (Wildman–Crippen LogP) is 3.76. The number of carbonyl (C=O) groups excluding carboxylic acids is 1. The minimum absolute atomic E-state index is 0.173. The quantitative estimate of drug-likeness (QED) is 0.720. The van der Waals surface area contributed by atoms with Crippen LogP contribution in [-0.4, -0.2) is 5.78 Å². The highest BCUT2D eigenvalue weighted by Crippen LogP contribution is 2.12. The molecule has 2 heteroatoms. The van der Waals surface area contributed by atoms with Crippen LogP contribution in [0.4, 0.5) is 0 Å². The van der Waals surface area contributed by atoms with Crippen molar-refractivity contribution < 1.29 is 4.79 Å². The standard InChI is InChI=1S/C12H16O.C2H3N/c1-3-4-7-11-8-5-6-9-12(11)10(2)13;1-2-3/h5-6,8-9H,3-4,7H2,1-2H3;1H3. The molecule has 0 atom stereocenters. The van der Waals surface area contributed by atoms with Crippen LogP contribution in [0.1, 0.15) is 49.5 Å². The largest absolute Gasteiger partial charge is 0.295 e. The van der Waals surface area contributed by atoms with Crippen molar-refractivity contribution in [3.8, 4) is 6.07 Å². The molecule has 0 radical (unpaired) electrons. The molecule has 2 nitrogen and oxygen atoms in total. The highest BCUT2D eigenvalue weighted by molar-refractivity contribution is 5.95. The lowest BCUT2D eigenvalue weighted by molar-refractivity contribution is 0.101. The Kier molecular flexibility index (Phi) is 7.79. The van der Waals surface area contributed by atoms with Gasteiger partial charge >= 0.3 is 0 Å². The van der Waals surface area contributed by atoms with Gasteiger partial charge in [-0.15, -0.1) is 0 Å². The number of carbonyl (C=O) groups is 1. The molecule has 0 fully saturated rings. The van der Waals surface area contributed by atoms with Gasteiger partial charge in [-0.25, -0.2) is 0 Å². The fourth-order valence-electron chi connectivity index (χ4n) is 1.45. The van der Waals surface area contributed by atoms with Crippen LogP contribution >= 0.6 is 0 Å². The van der Waals surface area contributed by atoms with Crippen LogP contribution < -0.4 is 0 Å². The number of ketones is 1. The molecule has 0 saturated carbocycles. The van der Waals surface area contributed by atoms with E-state index < -0.39 is 0 Å². The number of benzene rings is 1. The molecule has 0 bridgehead atoms. The first-order valence-electron chi connectivity index (χ1n) is 5.57. The van der Waals surface area contributed by atoms with Crippen molar-refractivity contribution in [1.29, 1.82) is 5.26 Å². The van der Waals surface area contributed by atoms with Crippen molar-refractivity contribution in [3.63, 3.8) is 0 Å². The van der Waals surface area contributed by atoms with Crippen molar-refractivity contribution in [2.75, 3.05) is 0 Å². The third-order valence-corrected chi connectivity index (χ3v) is 2.20. The van der Waals surface area contributed by atoms with E-state index in [-0.39, 0.29) is 5.78 Å². The number of nitrogens with zero attached hydrogens (tertiary/aromatic N) is 1. The second-order valence-corrected chi connectivity index (χ2v) is 3.54. The highest BCUT2D eigenvalue weighted by atomic mass is 16.1. The second-order valence-electron chi connectivity index (χ2n) is 3.54. The van der Waals surface area contributed by atoms with Gasteiger partial charge in [-0.1, -0.05) is 37.6 Å². The Balaban J connectivity index is 0.000000673. The van der Waals surface area contributed by atoms with Crippen molar-refractivity contribution in [1.82, 2.24) is 0 Å². The monoisotopic (exact) mass is 217 g/mol. The Morgan fingerprint density at radius 3 is 2.44 bits per heavy atom. The Hall–Kier alpha value is -1.62. The molecular formula is C14H19NO. The van der Waals surface area contributed by atoms with Crippen LogP contribution in [0.15, 0.2) is 24.3 Å². The van der Waals surface area contributed by atoms with Gasteiger partial charge in [-0.3, -0.25) is 4.79 Å². The lowest BCUT2D eigenvalue weighted by Crippen LogP contribution is -1.98. The van der Waals surface area contributed by atoms with E-state index in [1.54, 1.807) is 13.0 Å². The molecule has 1 rings (SSSR count). The molecule has 0 aliphatic carbocycles. The first kappa shape index (κ1) is 14.4. The number of Topliss-reactive ketones (excluding diaryl/α,β-unsaturated/α-hetero) is 1. The molecule has 0 unspecified atom stereocenters. The maximum atomic E-state index is 11.2. The van der Waals surface area contributed by atoms with Gasteiger partial charge in [0.05, 0.1) is 6.07 Å². The number of hydrogen-bond acceptors (Lipinski definition) is 2. The molecule has 0 spiro atoms. The topological polar surface area (TPSA) is 40.9 Å². The Labute approximate surface area is 97.9 Å². The summed E-state index contributed by atoms with van der Waals surface area (Å²) in [4.78, 5) is 11.2. The van der Waals surface area contributed by atoms with E-state index in [0.29, 0.717) is 0 Å². The number of aryl methyl sites for hydroxylation is 1. The van der Waals surface area contributed by atoms with Crippen molar-refractivity contribution in [2.45, 2.75) is 40.0 Å². The fraction of sp³-hybridized carbons (Fsp3) is 0.429. The second kappa shape index (κ2) is 8.67. The van der Waals surface area contributed by atoms with Crippen molar-refractivity contribution in [3.05, 3.63) is 35.4 Å². The van der Waals surface area contributed by atoms with Crippen molar-refractivity contribution in [2.24, 2.45) is 0 Å². The molecule has 86 valence electrons. The van der Waals surface area contributed by atoms with Gasteiger partial charge in [0, 0.05) is 12.5 Å². The molecule has 0 aromatic heterocycles. The summed E-state index contributed by atoms with van der Waals surface area (Å²) in [7, 11) is 0. The Bertz CT molecular complexity index is 363. The summed E-state index contributed by atoms with van der Waals surface area (Å²) in [6, 6.07) is 9.63. The number of nitriles is 1. The van der Waals surface area contributed by atoms with Gasteiger partial charge in [-0.05, 0) is 25.3 Å². The van der Waals surface area contributed by atoms with Crippen LogP contribution in [0.2, 0.25) is 0 Å². The van der Waals surface area contributed by atoms with Crippen LogP contribution in [-0.2, 0) is 6.42 Å². The first-order chi connectivity index (χ1) is 7.67. The van der Waals surface area contributed by atoms with E-state index in [0.717, 1.165) is 18.4 Å². The molecule has 0 heterocycles. The molecular weight excluding hydrogens is 198 g/mol. The third-order valence-electron chi connectivity index (χ3n) is 2.20. The average Bonchev–Trinajstić information content (AvgIpc) is 2.27. The van der Waals surface area contributed by atoms with E-state index >= 15 is 0 Å². The number of unbranched alkanes of at least 4 members (excludes halogenated alkanes) is 1. The van der Waals surface area contributed by atoms with Gasteiger partial charge in [0.1, 0.15) is 0 Å². The molecule has 1 aromatic rings. The first-order valence-corrected chi connectivity index (χ1v) is 5.57. The summed E-state index contributed by atoms with van der Waals surface area (Å²) < 4.78 is 0. The lowest BCUT2D eigenvalue weighted by atomic mass is 10.00. The average molecular weight is 217 g/mol. The zero-order valence-electron chi connectivity index (χ0n) is 10.3. The minimum atomic E-state index is 0.173. The van der Waals surface area contributed by atoms with Gasteiger partial charge in [0.2, 0.25) is 0 Å². The van der Waals surface area contributed by atoms with Gasteiger partial charge in [0.25, 0.3) is 0 Å². The predicted molar refractivity (Wildman–Crippen MR) is 66.3 cm³/mol. The maximum absolute atomic E-state index is 11.2. The van der Waals surface area contributed by atoms with E-state index in [2.05, 4.69) is 6.92 Å². The summed E-state index contributed by atoms with van der Waals surface area (Å²) >= 11 is 0. The molecule has 0 aliphatic heterocycles. The van der Waals surface area contributed by atoms with Gasteiger partial charge in [-0.2, -0.15) is 5.26 Å². The van der Waals surface area contributed by atoms with E-state index in [1.807, 2.05) is 24.3 Å². The summed E-state index contributed by atoms with van der Waals surface area (Å²) in [5.74, 6) is 0.173. The third kappa shape index (κ3) is 5.31. The normalized spacial score (nSPS) is 8.62.